The van der Waals surface area contributed by atoms with Crippen LogP contribution < -0.4 is 16.8 Å². The number of carbonyl (C=O) groups excluding carboxylic acids is 4. The molecule has 1 aliphatic rings. The highest BCUT2D eigenvalue weighted by Crippen LogP contribution is 2.28. The maximum absolute atomic E-state index is 13.9. The average molecular weight is 575 g/mol. The van der Waals surface area contributed by atoms with Crippen molar-refractivity contribution in [2.24, 2.45) is 23.3 Å². The molecule has 0 heterocycles. The largest absolute Gasteiger partial charge is 0.443 e. The lowest BCUT2D eigenvalue weighted by Gasteiger charge is -2.30. The fourth-order valence-electron chi connectivity index (χ4n) is 5.11. The molecule has 1 aliphatic carbocycles. The van der Waals surface area contributed by atoms with Gasteiger partial charge in [-0.25, -0.2) is 4.79 Å². The van der Waals surface area contributed by atoms with Crippen LogP contribution in [0.5, 0.6) is 0 Å². The second-order valence-electron chi connectivity index (χ2n) is 12.7. The highest BCUT2D eigenvalue weighted by atomic mass is 16.6. The number of imide groups is 3. The summed E-state index contributed by atoms with van der Waals surface area (Å²) in [5.74, 6) is -1.98. The Balaban J connectivity index is 2.31. The van der Waals surface area contributed by atoms with Gasteiger partial charge in [-0.1, -0.05) is 76.3 Å². The SMILES string of the molecule is CC(C)CC(N)C(=O)NC(Cc1ccccc1)C(=O)N(C(=O)C[C@H](O)[C@@H](N)CC1CCCCC1)C(=O)OC(C)(C)C. The second kappa shape index (κ2) is 16.0. The molecule has 1 saturated carbocycles. The van der Waals surface area contributed by atoms with Gasteiger partial charge >= 0.3 is 6.09 Å². The van der Waals surface area contributed by atoms with Crippen LogP contribution in [0.3, 0.4) is 0 Å². The Kier molecular flexibility index (Phi) is 13.4. The number of hydrogen-bond donors (Lipinski definition) is 4. The summed E-state index contributed by atoms with van der Waals surface area (Å²) in [7, 11) is 0. The van der Waals surface area contributed by atoms with E-state index in [1.165, 1.54) is 6.42 Å². The minimum absolute atomic E-state index is 0.0101. The van der Waals surface area contributed by atoms with Crippen molar-refractivity contribution in [3.05, 3.63) is 35.9 Å². The van der Waals surface area contributed by atoms with Gasteiger partial charge in [-0.15, -0.1) is 0 Å². The molecule has 1 fully saturated rings. The summed E-state index contributed by atoms with van der Waals surface area (Å²) < 4.78 is 5.41. The van der Waals surface area contributed by atoms with Crippen LogP contribution in [0, 0.1) is 11.8 Å². The summed E-state index contributed by atoms with van der Waals surface area (Å²) in [6, 6.07) is 6.06. The van der Waals surface area contributed by atoms with Gasteiger partial charge in [-0.3, -0.25) is 14.4 Å². The Morgan fingerprint density at radius 2 is 1.66 bits per heavy atom. The fraction of sp³-hybridized carbons (Fsp3) is 0.677. The van der Waals surface area contributed by atoms with Crippen molar-refractivity contribution in [3.8, 4) is 0 Å². The molecule has 0 bridgehead atoms. The van der Waals surface area contributed by atoms with E-state index in [9.17, 15) is 24.3 Å². The van der Waals surface area contributed by atoms with Gasteiger partial charge in [0.15, 0.2) is 0 Å². The number of rotatable bonds is 12. The number of carbonyl (C=O) groups is 4. The monoisotopic (exact) mass is 574 g/mol. The maximum Gasteiger partial charge on any atom is 0.424 e. The molecular weight excluding hydrogens is 524 g/mol. The zero-order valence-corrected chi connectivity index (χ0v) is 25.3. The molecule has 4 amide bonds. The van der Waals surface area contributed by atoms with E-state index in [0.29, 0.717) is 29.2 Å². The molecule has 4 atom stereocenters. The van der Waals surface area contributed by atoms with Crippen molar-refractivity contribution in [1.82, 2.24) is 10.2 Å². The first-order valence-electron chi connectivity index (χ1n) is 14.8. The molecule has 0 aliphatic heterocycles. The van der Waals surface area contributed by atoms with Crippen molar-refractivity contribution < 1.29 is 29.0 Å². The van der Waals surface area contributed by atoms with Gasteiger partial charge in [0, 0.05) is 12.5 Å². The highest BCUT2D eigenvalue weighted by molar-refractivity contribution is 6.11. The summed E-state index contributed by atoms with van der Waals surface area (Å²) >= 11 is 0. The third kappa shape index (κ3) is 11.9. The number of benzene rings is 1. The van der Waals surface area contributed by atoms with Crippen LogP contribution in [0.15, 0.2) is 30.3 Å². The molecule has 10 nitrogen and oxygen atoms in total. The topological polar surface area (TPSA) is 165 Å². The van der Waals surface area contributed by atoms with Crippen LogP contribution >= 0.6 is 0 Å². The van der Waals surface area contributed by atoms with E-state index in [-0.39, 0.29) is 12.3 Å². The van der Waals surface area contributed by atoms with Crippen LogP contribution in [-0.4, -0.2) is 63.7 Å². The molecule has 1 aromatic rings. The highest BCUT2D eigenvalue weighted by Gasteiger charge is 2.39. The van der Waals surface area contributed by atoms with Gasteiger partial charge in [0.05, 0.1) is 18.6 Å². The quantitative estimate of drug-likeness (QED) is 0.295. The zero-order chi connectivity index (χ0) is 30.7. The van der Waals surface area contributed by atoms with Gasteiger partial charge in [-0.2, -0.15) is 4.90 Å². The summed E-state index contributed by atoms with van der Waals surface area (Å²) in [6.07, 6.45) is 3.42. The number of nitrogens with one attached hydrogen (secondary N) is 1. The molecule has 0 saturated heterocycles. The number of nitrogens with two attached hydrogens (primary N) is 2. The normalized spacial score (nSPS) is 17.3. The van der Waals surface area contributed by atoms with Crippen molar-refractivity contribution in [2.75, 3.05) is 0 Å². The Morgan fingerprint density at radius 1 is 1.05 bits per heavy atom. The van der Waals surface area contributed by atoms with Crippen molar-refractivity contribution in [1.29, 1.82) is 0 Å². The number of aliphatic hydroxyl groups is 1. The van der Waals surface area contributed by atoms with Crippen LogP contribution in [0.2, 0.25) is 0 Å². The molecule has 0 spiro atoms. The van der Waals surface area contributed by atoms with E-state index in [1.807, 2.05) is 19.9 Å². The van der Waals surface area contributed by atoms with Crippen molar-refractivity contribution in [3.63, 3.8) is 0 Å². The lowest BCUT2D eigenvalue weighted by atomic mass is 9.83. The molecule has 0 radical (unpaired) electrons. The first kappa shape index (κ1) is 34.4. The van der Waals surface area contributed by atoms with E-state index in [4.69, 9.17) is 16.2 Å². The number of amides is 4. The predicted molar refractivity (Wildman–Crippen MR) is 157 cm³/mol. The van der Waals surface area contributed by atoms with E-state index in [2.05, 4.69) is 5.32 Å². The van der Waals surface area contributed by atoms with E-state index < -0.39 is 60.1 Å². The van der Waals surface area contributed by atoms with Crippen LogP contribution in [0.25, 0.3) is 0 Å². The fourth-order valence-corrected chi connectivity index (χ4v) is 5.11. The number of ether oxygens (including phenoxy) is 1. The number of aliphatic hydroxyl groups excluding tert-OH is 1. The third-order valence-electron chi connectivity index (χ3n) is 7.21. The van der Waals surface area contributed by atoms with Crippen molar-refractivity contribution >= 4 is 23.8 Å². The van der Waals surface area contributed by atoms with Crippen LogP contribution in [0.1, 0.15) is 91.5 Å². The van der Waals surface area contributed by atoms with Crippen LogP contribution in [-0.2, 0) is 25.5 Å². The standard InChI is InChI=1S/C31H50N4O6/c1-20(2)16-24(33)28(38)34-25(18-22-14-10-7-11-15-22)29(39)35(30(40)41-31(3,4)5)27(37)19-26(36)23(32)17-21-12-8-6-9-13-21/h7,10-11,14-15,20-21,23-26,36H,6,8-9,12-13,16-19,32-33H2,1-5H3,(H,34,38)/t23-,24?,25?,26-/m0/s1. The lowest BCUT2D eigenvalue weighted by Crippen LogP contribution is -2.57. The van der Waals surface area contributed by atoms with Gasteiger partial charge in [0.1, 0.15) is 11.6 Å². The molecule has 2 unspecified atom stereocenters. The van der Waals surface area contributed by atoms with E-state index in [0.717, 1.165) is 25.7 Å². The first-order chi connectivity index (χ1) is 19.2. The van der Waals surface area contributed by atoms with Crippen LogP contribution in [0.4, 0.5) is 4.79 Å². The number of hydrogen-bond acceptors (Lipinski definition) is 8. The third-order valence-corrected chi connectivity index (χ3v) is 7.21. The maximum atomic E-state index is 13.9. The van der Waals surface area contributed by atoms with Gasteiger partial charge < -0.3 is 26.6 Å². The van der Waals surface area contributed by atoms with Gasteiger partial charge in [0.25, 0.3) is 5.91 Å². The molecule has 0 aromatic heterocycles. The van der Waals surface area contributed by atoms with Gasteiger partial charge in [-0.05, 0) is 51.0 Å². The van der Waals surface area contributed by atoms with E-state index in [1.54, 1.807) is 45.0 Å². The summed E-state index contributed by atoms with van der Waals surface area (Å²) in [4.78, 5) is 54.0. The summed E-state index contributed by atoms with van der Waals surface area (Å²) in [6.45, 7) is 8.68. The molecule has 6 N–H and O–H groups in total. The first-order valence-corrected chi connectivity index (χ1v) is 14.8. The van der Waals surface area contributed by atoms with Crippen molar-refractivity contribution in [2.45, 2.75) is 122 Å². The Hall–Kier alpha value is -2.82. The molecule has 41 heavy (non-hydrogen) atoms. The summed E-state index contributed by atoms with van der Waals surface area (Å²) in [5.41, 5.74) is 12.0. The number of nitrogens with zero attached hydrogens (tertiary/aromatic N) is 1. The lowest BCUT2D eigenvalue weighted by molar-refractivity contribution is -0.147. The second-order valence-corrected chi connectivity index (χ2v) is 12.7. The molecule has 230 valence electrons. The average Bonchev–Trinajstić information content (AvgIpc) is 2.88. The van der Waals surface area contributed by atoms with Gasteiger partial charge in [0.2, 0.25) is 11.8 Å². The zero-order valence-electron chi connectivity index (χ0n) is 25.3. The smallest absolute Gasteiger partial charge is 0.424 e. The molecule has 2 rings (SSSR count). The Bertz CT molecular complexity index is 1000. The minimum Gasteiger partial charge on any atom is -0.443 e. The van der Waals surface area contributed by atoms with E-state index >= 15 is 0 Å². The summed E-state index contributed by atoms with van der Waals surface area (Å²) in [5, 5.41) is 13.5. The molecular formula is C31H50N4O6. The predicted octanol–water partition coefficient (Wildman–Crippen LogP) is 3.43. The minimum atomic E-state index is -1.28. The Labute approximate surface area is 244 Å². The Morgan fingerprint density at radius 3 is 2.22 bits per heavy atom. The molecule has 1 aromatic carbocycles. The molecule has 10 heteroatoms.